The first-order chi connectivity index (χ1) is 6.29. The molecule has 0 aliphatic rings. The Morgan fingerprint density at radius 3 is 2.38 bits per heavy atom. The zero-order chi connectivity index (χ0) is 9.68. The Kier molecular flexibility index (Phi) is 3.03. The number of rotatable bonds is 2. The van der Waals surface area contributed by atoms with Crippen LogP contribution in [0.3, 0.4) is 0 Å². The largest absolute Gasteiger partial charge is 0.411 e. The Balaban J connectivity index is 3.07. The second kappa shape index (κ2) is 4.25. The van der Waals surface area contributed by atoms with Crippen molar-refractivity contribution in [2.45, 2.75) is 6.92 Å². The standard InChI is InChI=1S/C9H11N3O/c1-7(12-13)9(11-10)8-5-3-2-4-6-8/h2-6,13H,10H2,1H3. The minimum absolute atomic E-state index is 0.397. The predicted octanol–water partition coefficient (Wildman–Crippen LogP) is 1.20. The molecule has 1 aromatic carbocycles. The Labute approximate surface area is 76.4 Å². The maximum atomic E-state index is 8.55. The van der Waals surface area contributed by atoms with Crippen molar-refractivity contribution in [1.82, 2.24) is 0 Å². The van der Waals surface area contributed by atoms with Crippen molar-refractivity contribution in [2.75, 3.05) is 0 Å². The van der Waals surface area contributed by atoms with E-state index in [1.807, 2.05) is 30.3 Å². The van der Waals surface area contributed by atoms with Gasteiger partial charge in [-0.25, -0.2) is 0 Å². The molecule has 0 saturated heterocycles. The van der Waals surface area contributed by atoms with Gasteiger partial charge in [0.05, 0.1) is 0 Å². The van der Waals surface area contributed by atoms with Gasteiger partial charge in [-0.2, -0.15) is 5.10 Å². The summed E-state index contributed by atoms with van der Waals surface area (Å²) < 4.78 is 0. The summed E-state index contributed by atoms with van der Waals surface area (Å²) in [4.78, 5) is 0. The molecule has 1 aromatic rings. The molecule has 0 unspecified atom stereocenters. The van der Waals surface area contributed by atoms with Crippen LogP contribution in [0, 0.1) is 0 Å². The molecule has 4 nitrogen and oxygen atoms in total. The molecule has 0 heterocycles. The number of nitrogens with two attached hydrogens (primary N) is 1. The summed E-state index contributed by atoms with van der Waals surface area (Å²) in [5.41, 5.74) is 1.72. The van der Waals surface area contributed by atoms with Gasteiger partial charge in [-0.3, -0.25) is 0 Å². The van der Waals surface area contributed by atoms with E-state index in [-0.39, 0.29) is 0 Å². The number of oxime groups is 1. The molecule has 1 rings (SSSR count). The molecule has 0 spiro atoms. The maximum absolute atomic E-state index is 8.55. The minimum Gasteiger partial charge on any atom is -0.411 e. The summed E-state index contributed by atoms with van der Waals surface area (Å²) in [6, 6.07) is 9.32. The molecule has 0 saturated carbocycles. The van der Waals surface area contributed by atoms with E-state index in [9.17, 15) is 0 Å². The molecule has 0 aliphatic heterocycles. The van der Waals surface area contributed by atoms with Crippen molar-refractivity contribution in [3.05, 3.63) is 35.9 Å². The fraction of sp³-hybridized carbons (Fsp3) is 0.111. The second-order valence-electron chi connectivity index (χ2n) is 2.53. The first-order valence-corrected chi connectivity index (χ1v) is 3.82. The molecule has 0 aromatic heterocycles. The first kappa shape index (κ1) is 9.25. The number of benzene rings is 1. The van der Waals surface area contributed by atoms with Crippen LogP contribution in [-0.4, -0.2) is 16.6 Å². The van der Waals surface area contributed by atoms with Crippen molar-refractivity contribution >= 4 is 11.4 Å². The van der Waals surface area contributed by atoms with Crippen LogP contribution in [0.5, 0.6) is 0 Å². The Morgan fingerprint density at radius 2 is 1.92 bits per heavy atom. The molecule has 0 atom stereocenters. The smallest absolute Gasteiger partial charge is 0.114 e. The van der Waals surface area contributed by atoms with E-state index < -0.39 is 0 Å². The molecule has 0 amide bonds. The molecule has 3 N–H and O–H groups in total. The average molecular weight is 177 g/mol. The van der Waals surface area contributed by atoms with Gasteiger partial charge in [-0.15, -0.1) is 0 Å². The fourth-order valence-electron chi connectivity index (χ4n) is 1.02. The highest BCUT2D eigenvalue weighted by Crippen LogP contribution is 2.01. The van der Waals surface area contributed by atoms with Crippen LogP contribution >= 0.6 is 0 Å². The Bertz CT molecular complexity index is 330. The summed E-state index contributed by atoms with van der Waals surface area (Å²) in [6.45, 7) is 1.64. The quantitative estimate of drug-likeness (QED) is 0.308. The third-order valence-electron chi connectivity index (χ3n) is 1.67. The van der Waals surface area contributed by atoms with Crippen molar-refractivity contribution in [1.29, 1.82) is 0 Å². The van der Waals surface area contributed by atoms with Crippen molar-refractivity contribution in [3.8, 4) is 0 Å². The normalized spacial score (nSPS) is 13.0. The highest BCUT2D eigenvalue weighted by Gasteiger charge is 2.06. The average Bonchev–Trinajstić information content (AvgIpc) is 2.20. The van der Waals surface area contributed by atoms with Gasteiger partial charge in [0.25, 0.3) is 0 Å². The first-order valence-electron chi connectivity index (χ1n) is 3.82. The summed E-state index contributed by atoms with van der Waals surface area (Å²) in [5.74, 6) is 5.18. The number of hydrogen-bond donors (Lipinski definition) is 2. The SMILES string of the molecule is CC(=NO)C(=NN)c1ccccc1. The van der Waals surface area contributed by atoms with Crippen molar-refractivity contribution in [3.63, 3.8) is 0 Å². The van der Waals surface area contributed by atoms with Gasteiger partial charge in [0.2, 0.25) is 0 Å². The van der Waals surface area contributed by atoms with Crippen molar-refractivity contribution < 1.29 is 5.21 Å². The molecule has 4 heteroatoms. The van der Waals surface area contributed by atoms with Crippen LogP contribution in [-0.2, 0) is 0 Å². The third-order valence-corrected chi connectivity index (χ3v) is 1.67. The molecule has 0 bridgehead atoms. The van der Waals surface area contributed by atoms with Gasteiger partial charge < -0.3 is 11.0 Å². The van der Waals surface area contributed by atoms with E-state index >= 15 is 0 Å². The summed E-state index contributed by atoms with van der Waals surface area (Å²) >= 11 is 0. The topological polar surface area (TPSA) is 71.0 Å². The van der Waals surface area contributed by atoms with E-state index in [1.165, 1.54) is 0 Å². The maximum Gasteiger partial charge on any atom is 0.114 e. The Hall–Kier alpha value is -1.84. The lowest BCUT2D eigenvalue weighted by atomic mass is 10.1. The summed E-state index contributed by atoms with van der Waals surface area (Å²) in [6.07, 6.45) is 0. The molecule has 0 radical (unpaired) electrons. The van der Waals surface area contributed by atoms with Crippen LogP contribution in [0.1, 0.15) is 12.5 Å². The monoisotopic (exact) mass is 177 g/mol. The zero-order valence-electron chi connectivity index (χ0n) is 7.31. The van der Waals surface area contributed by atoms with E-state index in [4.69, 9.17) is 11.0 Å². The molecule has 0 fully saturated rings. The molecular formula is C9H11N3O. The van der Waals surface area contributed by atoms with Gasteiger partial charge in [0.15, 0.2) is 0 Å². The van der Waals surface area contributed by atoms with E-state index in [1.54, 1.807) is 6.92 Å². The molecular weight excluding hydrogens is 166 g/mol. The van der Waals surface area contributed by atoms with E-state index in [0.717, 1.165) is 5.56 Å². The lowest BCUT2D eigenvalue weighted by Crippen LogP contribution is -2.14. The van der Waals surface area contributed by atoms with Gasteiger partial charge in [0.1, 0.15) is 11.4 Å². The second-order valence-corrected chi connectivity index (χ2v) is 2.53. The van der Waals surface area contributed by atoms with Gasteiger partial charge in [-0.1, -0.05) is 35.5 Å². The van der Waals surface area contributed by atoms with E-state index in [0.29, 0.717) is 11.4 Å². The lowest BCUT2D eigenvalue weighted by molar-refractivity contribution is 0.320. The third kappa shape index (κ3) is 2.05. The van der Waals surface area contributed by atoms with Crippen LogP contribution in [0.25, 0.3) is 0 Å². The van der Waals surface area contributed by atoms with Crippen molar-refractivity contribution in [2.24, 2.45) is 16.1 Å². The Morgan fingerprint density at radius 1 is 1.31 bits per heavy atom. The lowest BCUT2D eigenvalue weighted by Gasteiger charge is -2.01. The predicted molar refractivity (Wildman–Crippen MR) is 52.1 cm³/mol. The summed E-state index contributed by atoms with van der Waals surface area (Å²) in [7, 11) is 0. The van der Waals surface area contributed by atoms with Gasteiger partial charge in [-0.05, 0) is 6.92 Å². The fourth-order valence-corrected chi connectivity index (χ4v) is 1.02. The van der Waals surface area contributed by atoms with Crippen LogP contribution in [0.15, 0.2) is 40.6 Å². The molecule has 13 heavy (non-hydrogen) atoms. The summed E-state index contributed by atoms with van der Waals surface area (Å²) in [5, 5.41) is 15.1. The highest BCUT2D eigenvalue weighted by molar-refractivity contribution is 6.47. The van der Waals surface area contributed by atoms with Crippen LogP contribution in [0.2, 0.25) is 0 Å². The molecule has 0 aliphatic carbocycles. The number of hydrogen-bond acceptors (Lipinski definition) is 4. The van der Waals surface area contributed by atoms with E-state index in [2.05, 4.69) is 10.3 Å². The highest BCUT2D eigenvalue weighted by atomic mass is 16.4. The number of hydrazone groups is 1. The number of nitrogens with zero attached hydrogens (tertiary/aromatic N) is 2. The van der Waals surface area contributed by atoms with Crippen LogP contribution in [0.4, 0.5) is 0 Å². The van der Waals surface area contributed by atoms with Gasteiger partial charge in [0, 0.05) is 5.56 Å². The minimum atomic E-state index is 0.397. The molecule has 68 valence electrons. The van der Waals surface area contributed by atoms with Crippen LogP contribution < -0.4 is 5.84 Å². The van der Waals surface area contributed by atoms with Gasteiger partial charge >= 0.3 is 0 Å². The zero-order valence-corrected chi connectivity index (χ0v) is 7.31.